The van der Waals surface area contributed by atoms with E-state index in [2.05, 4.69) is 42.7 Å². The molecule has 0 radical (unpaired) electrons. The van der Waals surface area contributed by atoms with E-state index in [-0.39, 0.29) is 5.02 Å². The van der Waals surface area contributed by atoms with Gasteiger partial charge in [0, 0.05) is 17.8 Å². The van der Waals surface area contributed by atoms with E-state index in [4.69, 9.17) is 23.8 Å². The Balaban J connectivity index is 1.96. The normalized spacial score (nSPS) is 10.8. The summed E-state index contributed by atoms with van der Waals surface area (Å²) in [5, 5.41) is 6.78. The molecule has 3 N–H and O–H groups in total. The Morgan fingerprint density at radius 2 is 1.80 bits per heavy atom. The van der Waals surface area contributed by atoms with E-state index in [9.17, 15) is 4.39 Å². The lowest BCUT2D eigenvalue weighted by Crippen LogP contribution is -3.10. The first-order valence-corrected chi connectivity index (χ1v) is 9.22. The van der Waals surface area contributed by atoms with E-state index in [0.717, 1.165) is 19.6 Å². The van der Waals surface area contributed by atoms with Crippen LogP contribution < -0.4 is 15.5 Å². The minimum atomic E-state index is -0.445. The molecular weight excluding hydrogens is 357 g/mol. The second kappa shape index (κ2) is 9.70. The molecule has 25 heavy (non-hydrogen) atoms. The molecule has 2 aromatic rings. The van der Waals surface area contributed by atoms with Crippen LogP contribution in [0.1, 0.15) is 25.0 Å². The van der Waals surface area contributed by atoms with Crippen molar-refractivity contribution in [2.45, 2.75) is 26.9 Å². The van der Waals surface area contributed by atoms with Crippen molar-refractivity contribution >= 4 is 34.6 Å². The van der Waals surface area contributed by atoms with Gasteiger partial charge >= 0.3 is 0 Å². The highest BCUT2D eigenvalue weighted by Gasteiger charge is 2.09. The van der Waals surface area contributed by atoms with Gasteiger partial charge in [-0.25, -0.2) is 4.39 Å². The molecule has 0 heterocycles. The van der Waals surface area contributed by atoms with Gasteiger partial charge < -0.3 is 15.5 Å². The molecule has 0 aromatic heterocycles. The van der Waals surface area contributed by atoms with Crippen LogP contribution in [0.25, 0.3) is 0 Å². The first-order valence-electron chi connectivity index (χ1n) is 8.43. The Bertz CT molecular complexity index is 720. The van der Waals surface area contributed by atoms with Crippen LogP contribution in [0.3, 0.4) is 0 Å². The third-order valence-electron chi connectivity index (χ3n) is 4.18. The van der Waals surface area contributed by atoms with Crippen LogP contribution >= 0.6 is 23.8 Å². The SMILES string of the molecule is CC[NH+](CC)Cc1ccccc1CNC(=S)Nc1ccc(F)c(Cl)c1. The summed E-state index contributed by atoms with van der Waals surface area (Å²) in [6.07, 6.45) is 0. The number of anilines is 1. The highest BCUT2D eigenvalue weighted by molar-refractivity contribution is 7.80. The van der Waals surface area contributed by atoms with Crippen LogP contribution in [-0.2, 0) is 13.1 Å². The smallest absolute Gasteiger partial charge is 0.171 e. The second-order valence-electron chi connectivity index (χ2n) is 5.84. The minimum absolute atomic E-state index is 0.0698. The number of thiocarbonyl (C=S) groups is 1. The van der Waals surface area contributed by atoms with Gasteiger partial charge in [0.15, 0.2) is 5.11 Å². The Hall–Kier alpha value is -1.69. The fraction of sp³-hybridized carbons (Fsp3) is 0.316. The number of halogens is 2. The largest absolute Gasteiger partial charge is 0.358 e. The fourth-order valence-corrected chi connectivity index (χ4v) is 2.97. The summed E-state index contributed by atoms with van der Waals surface area (Å²) in [6.45, 7) is 8.24. The van der Waals surface area contributed by atoms with Gasteiger partial charge in [0.2, 0.25) is 0 Å². The van der Waals surface area contributed by atoms with Gasteiger partial charge in [0.25, 0.3) is 0 Å². The maximum Gasteiger partial charge on any atom is 0.171 e. The van der Waals surface area contributed by atoms with E-state index >= 15 is 0 Å². The molecule has 0 unspecified atom stereocenters. The van der Waals surface area contributed by atoms with Crippen LogP contribution in [0.2, 0.25) is 5.02 Å². The molecule has 0 fully saturated rings. The van der Waals surface area contributed by atoms with Gasteiger partial charge in [-0.3, -0.25) is 0 Å². The van der Waals surface area contributed by atoms with Crippen LogP contribution in [0.5, 0.6) is 0 Å². The van der Waals surface area contributed by atoms with Gasteiger partial charge in [0.05, 0.1) is 18.1 Å². The van der Waals surface area contributed by atoms with E-state index in [1.54, 1.807) is 6.07 Å². The lowest BCUT2D eigenvalue weighted by atomic mass is 10.1. The fourth-order valence-electron chi connectivity index (χ4n) is 2.60. The Morgan fingerprint density at radius 1 is 1.12 bits per heavy atom. The van der Waals surface area contributed by atoms with Crippen LogP contribution in [-0.4, -0.2) is 18.2 Å². The zero-order valence-electron chi connectivity index (χ0n) is 14.5. The number of rotatable bonds is 7. The van der Waals surface area contributed by atoms with Gasteiger partial charge in [-0.2, -0.15) is 0 Å². The summed E-state index contributed by atoms with van der Waals surface area (Å²) in [7, 11) is 0. The predicted molar refractivity (Wildman–Crippen MR) is 107 cm³/mol. The molecule has 134 valence electrons. The maximum atomic E-state index is 13.2. The van der Waals surface area contributed by atoms with E-state index in [0.29, 0.717) is 17.3 Å². The number of nitrogens with one attached hydrogen (secondary N) is 3. The summed E-state index contributed by atoms with van der Waals surface area (Å²) < 4.78 is 13.2. The molecule has 0 atom stereocenters. The molecule has 2 aromatic carbocycles. The number of benzene rings is 2. The van der Waals surface area contributed by atoms with Crippen molar-refractivity contribution in [3.8, 4) is 0 Å². The standard InChI is InChI=1S/C19H23ClFN3S/c1-3-24(4-2)13-15-8-6-5-7-14(15)12-22-19(25)23-16-9-10-18(21)17(20)11-16/h5-11H,3-4,12-13H2,1-2H3,(H2,22,23,25)/p+1. The first-order chi connectivity index (χ1) is 12.0. The van der Waals surface area contributed by atoms with Crippen molar-refractivity contribution in [2.24, 2.45) is 0 Å². The lowest BCUT2D eigenvalue weighted by Gasteiger charge is -2.18. The molecule has 3 nitrogen and oxygen atoms in total. The third kappa shape index (κ3) is 5.96. The summed E-state index contributed by atoms with van der Waals surface area (Å²) in [6, 6.07) is 12.8. The van der Waals surface area contributed by atoms with E-state index in [1.165, 1.54) is 28.2 Å². The molecular formula is C19H24ClFN3S+. The second-order valence-corrected chi connectivity index (χ2v) is 6.65. The Morgan fingerprint density at radius 3 is 2.44 bits per heavy atom. The van der Waals surface area contributed by atoms with Crippen LogP contribution in [0, 0.1) is 5.82 Å². The number of hydrogen-bond acceptors (Lipinski definition) is 1. The molecule has 0 saturated carbocycles. The van der Waals surface area contributed by atoms with Gasteiger partial charge in [-0.1, -0.05) is 35.9 Å². The summed E-state index contributed by atoms with van der Waals surface area (Å²) in [5.41, 5.74) is 3.20. The van der Waals surface area contributed by atoms with Crippen molar-refractivity contribution in [2.75, 3.05) is 18.4 Å². The van der Waals surface area contributed by atoms with Crippen LogP contribution in [0.4, 0.5) is 10.1 Å². The number of quaternary nitrogens is 1. The molecule has 0 saturated heterocycles. The lowest BCUT2D eigenvalue weighted by molar-refractivity contribution is -0.910. The zero-order chi connectivity index (χ0) is 18.2. The molecule has 0 spiro atoms. The van der Waals surface area contributed by atoms with Gasteiger partial charge in [-0.15, -0.1) is 0 Å². The first kappa shape index (κ1) is 19.6. The highest BCUT2D eigenvalue weighted by Crippen LogP contribution is 2.19. The molecule has 0 bridgehead atoms. The quantitative estimate of drug-likeness (QED) is 0.643. The predicted octanol–water partition coefficient (Wildman–Crippen LogP) is 3.39. The molecule has 0 aliphatic carbocycles. The van der Waals surface area contributed by atoms with Crippen molar-refractivity contribution in [1.29, 1.82) is 0 Å². The average molecular weight is 381 g/mol. The highest BCUT2D eigenvalue weighted by atomic mass is 35.5. The zero-order valence-corrected chi connectivity index (χ0v) is 16.1. The van der Waals surface area contributed by atoms with Crippen molar-refractivity contribution in [3.63, 3.8) is 0 Å². The Labute approximate surface area is 159 Å². The summed E-state index contributed by atoms with van der Waals surface area (Å²) in [4.78, 5) is 1.54. The monoisotopic (exact) mass is 380 g/mol. The molecule has 0 aliphatic heterocycles. The van der Waals surface area contributed by atoms with Gasteiger partial charge in [-0.05, 0) is 49.8 Å². The number of hydrogen-bond donors (Lipinski definition) is 3. The van der Waals surface area contributed by atoms with E-state index in [1.807, 2.05) is 6.07 Å². The molecule has 0 aliphatic rings. The van der Waals surface area contributed by atoms with Crippen LogP contribution in [0.15, 0.2) is 42.5 Å². The molecule has 6 heteroatoms. The van der Waals surface area contributed by atoms with E-state index < -0.39 is 5.82 Å². The Kier molecular flexibility index (Phi) is 7.62. The summed E-state index contributed by atoms with van der Waals surface area (Å²) >= 11 is 11.1. The average Bonchev–Trinajstić information content (AvgIpc) is 2.62. The summed E-state index contributed by atoms with van der Waals surface area (Å²) in [5.74, 6) is -0.445. The van der Waals surface area contributed by atoms with Crippen molar-refractivity contribution in [1.82, 2.24) is 5.32 Å². The molecule has 0 amide bonds. The maximum absolute atomic E-state index is 13.2. The third-order valence-corrected chi connectivity index (χ3v) is 4.71. The topological polar surface area (TPSA) is 28.5 Å². The minimum Gasteiger partial charge on any atom is -0.358 e. The van der Waals surface area contributed by atoms with Gasteiger partial charge in [0.1, 0.15) is 12.4 Å². The van der Waals surface area contributed by atoms with Crippen molar-refractivity contribution < 1.29 is 9.29 Å². The van der Waals surface area contributed by atoms with Crippen molar-refractivity contribution in [3.05, 3.63) is 64.4 Å². The molecule has 2 rings (SSSR count).